The lowest BCUT2D eigenvalue weighted by atomic mass is 10.2. The number of halogens is 1. The Morgan fingerprint density at radius 3 is 2.89 bits per heavy atom. The summed E-state index contributed by atoms with van der Waals surface area (Å²) < 4.78 is 6.22. The summed E-state index contributed by atoms with van der Waals surface area (Å²) in [6.07, 6.45) is 4.90. The van der Waals surface area contributed by atoms with Crippen molar-refractivity contribution in [3.63, 3.8) is 0 Å². The van der Waals surface area contributed by atoms with E-state index in [1.54, 1.807) is 0 Å². The van der Waals surface area contributed by atoms with Crippen LogP contribution in [0.1, 0.15) is 31.2 Å². The van der Waals surface area contributed by atoms with E-state index in [-0.39, 0.29) is 5.97 Å². The van der Waals surface area contributed by atoms with Gasteiger partial charge in [-0.3, -0.25) is 4.79 Å². The number of rotatable bonds is 5. The summed E-state index contributed by atoms with van der Waals surface area (Å²) in [5.41, 5.74) is 0.999. The van der Waals surface area contributed by atoms with Gasteiger partial charge in [-0.05, 0) is 30.5 Å². The summed E-state index contributed by atoms with van der Waals surface area (Å²) >= 11 is 3.39. The summed E-state index contributed by atoms with van der Waals surface area (Å²) in [6.45, 7) is 0.656. The smallest absolute Gasteiger partial charge is 0.320 e. The molecule has 0 bridgehead atoms. The van der Waals surface area contributed by atoms with Gasteiger partial charge in [-0.25, -0.2) is 0 Å². The Balaban J connectivity index is 1.68. The van der Waals surface area contributed by atoms with Crippen LogP contribution in [0.25, 0.3) is 0 Å². The molecule has 4 heteroatoms. The molecule has 1 aliphatic rings. The van der Waals surface area contributed by atoms with Crippen LogP contribution in [0.15, 0.2) is 28.7 Å². The van der Waals surface area contributed by atoms with E-state index in [0.29, 0.717) is 19.2 Å². The molecule has 1 saturated carbocycles. The number of hydrogen-bond acceptors (Lipinski definition) is 3. The molecule has 3 nitrogen and oxygen atoms in total. The maximum absolute atomic E-state index is 11.6. The number of benzene rings is 1. The number of hydrogen-bond donors (Lipinski definition) is 1. The minimum atomic E-state index is -0.179. The molecule has 98 valence electrons. The van der Waals surface area contributed by atoms with Gasteiger partial charge >= 0.3 is 5.97 Å². The molecule has 1 aromatic carbocycles. The van der Waals surface area contributed by atoms with Gasteiger partial charge in [0.05, 0.1) is 6.54 Å². The van der Waals surface area contributed by atoms with E-state index < -0.39 is 0 Å². The maximum atomic E-state index is 11.6. The second-order valence-electron chi connectivity index (χ2n) is 4.65. The number of ether oxygens (including phenoxy) is 1. The van der Waals surface area contributed by atoms with Gasteiger partial charge in [0.1, 0.15) is 6.61 Å². The Kier molecular flexibility index (Phi) is 5.20. The number of carbonyl (C=O) groups is 1. The van der Waals surface area contributed by atoms with Crippen LogP contribution < -0.4 is 5.32 Å². The number of nitrogens with one attached hydrogen (secondary N) is 1. The maximum Gasteiger partial charge on any atom is 0.320 e. The van der Waals surface area contributed by atoms with E-state index in [9.17, 15) is 4.79 Å². The van der Waals surface area contributed by atoms with Gasteiger partial charge in [-0.1, -0.05) is 40.9 Å². The second kappa shape index (κ2) is 6.90. The lowest BCUT2D eigenvalue weighted by Gasteiger charge is -2.11. The van der Waals surface area contributed by atoms with Crippen LogP contribution in [0.5, 0.6) is 0 Å². The molecule has 0 heterocycles. The van der Waals surface area contributed by atoms with Crippen molar-refractivity contribution >= 4 is 21.9 Å². The predicted octanol–water partition coefficient (Wildman–Crippen LogP) is 3.02. The van der Waals surface area contributed by atoms with E-state index in [1.165, 1.54) is 25.7 Å². The van der Waals surface area contributed by atoms with Gasteiger partial charge in [-0.2, -0.15) is 0 Å². The molecule has 0 aromatic heterocycles. The van der Waals surface area contributed by atoms with Crippen molar-refractivity contribution in [1.82, 2.24) is 5.32 Å². The van der Waals surface area contributed by atoms with Crippen molar-refractivity contribution in [3.8, 4) is 0 Å². The molecule has 0 aliphatic heterocycles. The van der Waals surface area contributed by atoms with Crippen molar-refractivity contribution in [1.29, 1.82) is 0 Å². The largest absolute Gasteiger partial charge is 0.460 e. The topological polar surface area (TPSA) is 38.3 Å². The highest BCUT2D eigenvalue weighted by Crippen LogP contribution is 2.17. The van der Waals surface area contributed by atoms with Crippen LogP contribution in [-0.4, -0.2) is 18.6 Å². The van der Waals surface area contributed by atoms with Crippen LogP contribution in [0.4, 0.5) is 0 Å². The first-order chi connectivity index (χ1) is 8.74. The standard InChI is InChI=1S/C14H18BrNO2/c15-12-5-3-4-11(8-12)10-18-14(17)9-16-13-6-1-2-7-13/h3-5,8,13,16H,1-2,6-7,9-10H2. The van der Waals surface area contributed by atoms with E-state index >= 15 is 0 Å². The molecule has 1 N–H and O–H groups in total. The highest BCUT2D eigenvalue weighted by Gasteiger charge is 2.15. The summed E-state index contributed by atoms with van der Waals surface area (Å²) in [5, 5.41) is 3.25. The third-order valence-electron chi connectivity index (χ3n) is 3.18. The van der Waals surface area contributed by atoms with Gasteiger partial charge in [0.2, 0.25) is 0 Å². The minimum absolute atomic E-state index is 0.179. The summed E-state index contributed by atoms with van der Waals surface area (Å²) in [7, 11) is 0. The fourth-order valence-corrected chi connectivity index (χ4v) is 2.65. The SMILES string of the molecule is O=C(CNC1CCCC1)OCc1cccc(Br)c1. The Morgan fingerprint density at radius 2 is 2.17 bits per heavy atom. The molecule has 0 radical (unpaired) electrons. The van der Waals surface area contributed by atoms with E-state index in [4.69, 9.17) is 4.74 Å². The third-order valence-corrected chi connectivity index (χ3v) is 3.67. The van der Waals surface area contributed by atoms with Gasteiger partial charge in [0, 0.05) is 10.5 Å². The van der Waals surface area contributed by atoms with Crippen molar-refractivity contribution < 1.29 is 9.53 Å². The zero-order chi connectivity index (χ0) is 12.8. The van der Waals surface area contributed by atoms with Crippen molar-refractivity contribution in [2.75, 3.05) is 6.54 Å². The number of carbonyl (C=O) groups excluding carboxylic acids is 1. The molecule has 18 heavy (non-hydrogen) atoms. The van der Waals surface area contributed by atoms with Gasteiger partial charge in [-0.15, -0.1) is 0 Å². The molecule has 1 aromatic rings. The molecule has 0 spiro atoms. The normalized spacial score (nSPS) is 15.8. The highest BCUT2D eigenvalue weighted by atomic mass is 79.9. The monoisotopic (exact) mass is 311 g/mol. The summed E-state index contributed by atoms with van der Waals surface area (Å²) in [5.74, 6) is -0.179. The molecular formula is C14H18BrNO2. The molecule has 0 atom stereocenters. The van der Waals surface area contributed by atoms with Gasteiger partial charge < -0.3 is 10.1 Å². The average Bonchev–Trinajstić information content (AvgIpc) is 2.87. The zero-order valence-corrected chi connectivity index (χ0v) is 11.9. The molecule has 1 aliphatic carbocycles. The Labute approximate surface area is 116 Å². The molecule has 0 amide bonds. The summed E-state index contributed by atoms with van der Waals surface area (Å²) in [4.78, 5) is 11.6. The van der Waals surface area contributed by atoms with Crippen LogP contribution in [0.3, 0.4) is 0 Å². The molecular weight excluding hydrogens is 294 g/mol. The molecule has 2 rings (SSSR count). The fraction of sp³-hybridized carbons (Fsp3) is 0.500. The Morgan fingerprint density at radius 1 is 1.39 bits per heavy atom. The molecule has 0 saturated heterocycles. The van der Waals surface area contributed by atoms with Crippen LogP contribution in [0, 0.1) is 0 Å². The van der Waals surface area contributed by atoms with Crippen molar-refractivity contribution in [2.45, 2.75) is 38.3 Å². The molecule has 1 fully saturated rings. The van der Waals surface area contributed by atoms with Crippen molar-refractivity contribution in [2.24, 2.45) is 0 Å². The quantitative estimate of drug-likeness (QED) is 0.849. The average molecular weight is 312 g/mol. The molecule has 0 unspecified atom stereocenters. The summed E-state index contributed by atoms with van der Waals surface area (Å²) in [6, 6.07) is 8.29. The highest BCUT2D eigenvalue weighted by molar-refractivity contribution is 9.10. The van der Waals surface area contributed by atoms with Crippen LogP contribution >= 0.6 is 15.9 Å². The first-order valence-corrected chi connectivity index (χ1v) is 7.17. The Hall–Kier alpha value is -0.870. The van der Waals surface area contributed by atoms with E-state index in [2.05, 4.69) is 21.2 Å². The number of esters is 1. The van der Waals surface area contributed by atoms with Crippen LogP contribution in [0.2, 0.25) is 0 Å². The van der Waals surface area contributed by atoms with Crippen molar-refractivity contribution in [3.05, 3.63) is 34.3 Å². The van der Waals surface area contributed by atoms with Gasteiger partial charge in [0.15, 0.2) is 0 Å². The first-order valence-electron chi connectivity index (χ1n) is 6.37. The zero-order valence-electron chi connectivity index (χ0n) is 10.3. The van der Waals surface area contributed by atoms with E-state index in [1.807, 2.05) is 24.3 Å². The van der Waals surface area contributed by atoms with Gasteiger partial charge in [0.25, 0.3) is 0 Å². The lowest BCUT2D eigenvalue weighted by Crippen LogP contribution is -2.32. The second-order valence-corrected chi connectivity index (χ2v) is 5.57. The predicted molar refractivity (Wildman–Crippen MR) is 74.2 cm³/mol. The minimum Gasteiger partial charge on any atom is -0.460 e. The lowest BCUT2D eigenvalue weighted by molar-refractivity contribution is -0.144. The Bertz CT molecular complexity index is 403. The first kappa shape index (κ1) is 13.6. The van der Waals surface area contributed by atoms with Crippen LogP contribution in [-0.2, 0) is 16.1 Å². The van der Waals surface area contributed by atoms with E-state index in [0.717, 1.165) is 10.0 Å². The fourth-order valence-electron chi connectivity index (χ4n) is 2.20. The third kappa shape index (κ3) is 4.42.